The van der Waals surface area contributed by atoms with E-state index in [-0.39, 0.29) is 5.56 Å². The SMILES string of the molecule is O=c1[nH]c2c(ccc3c4cc(-n5c6ccccc6c6ccccc65)ccc4[nH]c32)c2cc3[nH]c4ccc(-n5c6ccccc6c6ccccc65)cc4c3cc12. The zero-order chi connectivity index (χ0) is 35.9. The number of nitrogens with one attached hydrogen (secondary N) is 3. The molecule has 0 bridgehead atoms. The molecular weight excluding hydrogens is 675 g/mol. The maximum absolute atomic E-state index is 14.1. The molecule has 6 heteroatoms. The summed E-state index contributed by atoms with van der Waals surface area (Å²) in [6.07, 6.45) is 0. The van der Waals surface area contributed by atoms with Crippen LogP contribution in [0.3, 0.4) is 0 Å². The van der Waals surface area contributed by atoms with Crippen LogP contribution in [-0.2, 0) is 0 Å². The second kappa shape index (κ2) is 10.3. The molecule has 8 aromatic carbocycles. The van der Waals surface area contributed by atoms with E-state index < -0.39 is 0 Å². The van der Waals surface area contributed by atoms with Crippen LogP contribution < -0.4 is 5.56 Å². The minimum absolute atomic E-state index is 0.102. The maximum Gasteiger partial charge on any atom is 0.256 e. The van der Waals surface area contributed by atoms with E-state index in [2.05, 4.69) is 182 Å². The van der Waals surface area contributed by atoms with Crippen LogP contribution in [0.15, 0.2) is 163 Å². The average Bonchev–Trinajstić information content (AvgIpc) is 3.97. The number of aromatic nitrogens is 5. The highest BCUT2D eigenvalue weighted by Gasteiger charge is 2.18. The van der Waals surface area contributed by atoms with Gasteiger partial charge in [0.15, 0.2) is 0 Å². The van der Waals surface area contributed by atoms with Crippen molar-refractivity contribution >= 4 is 109 Å². The van der Waals surface area contributed by atoms with Gasteiger partial charge < -0.3 is 24.1 Å². The number of aromatic amines is 3. The quantitative estimate of drug-likeness (QED) is 0.154. The highest BCUT2D eigenvalue weighted by atomic mass is 16.1. The Balaban J connectivity index is 1.01. The first-order valence-electron chi connectivity index (χ1n) is 18.6. The summed E-state index contributed by atoms with van der Waals surface area (Å²) < 4.78 is 4.68. The van der Waals surface area contributed by atoms with Crippen LogP contribution in [0.2, 0.25) is 0 Å². The van der Waals surface area contributed by atoms with Crippen LogP contribution in [0.4, 0.5) is 0 Å². The summed E-state index contributed by atoms with van der Waals surface area (Å²) in [6, 6.07) is 56.0. The van der Waals surface area contributed by atoms with E-state index in [0.29, 0.717) is 5.39 Å². The molecule has 13 aromatic rings. The summed E-state index contributed by atoms with van der Waals surface area (Å²) in [5.74, 6) is 0. The first-order valence-corrected chi connectivity index (χ1v) is 18.6. The number of hydrogen-bond donors (Lipinski definition) is 3. The van der Waals surface area contributed by atoms with Crippen molar-refractivity contribution in [2.24, 2.45) is 0 Å². The van der Waals surface area contributed by atoms with Gasteiger partial charge in [0.1, 0.15) is 0 Å². The van der Waals surface area contributed by atoms with Gasteiger partial charge in [-0.3, -0.25) is 4.79 Å². The van der Waals surface area contributed by atoms with Gasteiger partial charge in [-0.25, -0.2) is 0 Å². The molecule has 0 saturated carbocycles. The third-order valence-electron chi connectivity index (χ3n) is 11.9. The summed E-state index contributed by atoms with van der Waals surface area (Å²) >= 11 is 0. The Kier molecular flexibility index (Phi) is 5.42. The van der Waals surface area contributed by atoms with Crippen molar-refractivity contribution in [1.29, 1.82) is 0 Å². The zero-order valence-corrected chi connectivity index (χ0v) is 29.3. The third-order valence-corrected chi connectivity index (χ3v) is 11.9. The predicted octanol–water partition coefficient (Wildman–Crippen LogP) is 12.1. The number of para-hydroxylation sites is 4. The molecule has 0 aliphatic heterocycles. The average molecular weight is 704 g/mol. The molecule has 0 unspecified atom stereocenters. The van der Waals surface area contributed by atoms with Gasteiger partial charge in [0.2, 0.25) is 0 Å². The third kappa shape index (κ3) is 3.79. The Labute approximate surface area is 311 Å². The fourth-order valence-electron chi connectivity index (χ4n) is 9.52. The standard InChI is InChI=1S/C49H29N5O/c55-49-39-25-38-37-24-28(54-45-15-7-3-11-31(45)32-12-4-8-16-46(32)54)17-21-40(37)50-42(38)26-35(39)33-19-20-34-36-23-27(18-22-41(36)51-47(34)48(33)52-49)53-43-13-5-1-9-29(43)30-10-2-6-14-44(30)53/h1-26,50-51H,(H,52,55). The van der Waals surface area contributed by atoms with Crippen molar-refractivity contribution in [3.05, 3.63) is 168 Å². The van der Waals surface area contributed by atoms with Crippen molar-refractivity contribution in [3.8, 4) is 11.4 Å². The first-order chi connectivity index (χ1) is 27.2. The maximum atomic E-state index is 14.1. The molecule has 6 nitrogen and oxygen atoms in total. The van der Waals surface area contributed by atoms with E-state index in [4.69, 9.17) is 0 Å². The summed E-state index contributed by atoms with van der Waals surface area (Å²) in [6.45, 7) is 0. The second-order valence-electron chi connectivity index (χ2n) is 14.8. The minimum Gasteiger partial charge on any atom is -0.354 e. The Hall–Kier alpha value is -7.57. The van der Waals surface area contributed by atoms with Crippen molar-refractivity contribution in [1.82, 2.24) is 24.1 Å². The molecule has 0 atom stereocenters. The van der Waals surface area contributed by atoms with Crippen LogP contribution in [0.5, 0.6) is 0 Å². The molecule has 13 rings (SSSR count). The molecule has 0 amide bonds. The number of pyridine rings is 1. The number of H-pyrrole nitrogens is 3. The highest BCUT2D eigenvalue weighted by Crippen LogP contribution is 2.39. The van der Waals surface area contributed by atoms with Crippen molar-refractivity contribution in [2.45, 2.75) is 0 Å². The number of fused-ring (bicyclic) bond motifs is 16. The second-order valence-corrected chi connectivity index (χ2v) is 14.8. The van der Waals surface area contributed by atoms with Gasteiger partial charge in [-0.1, -0.05) is 84.9 Å². The fraction of sp³-hybridized carbons (Fsp3) is 0. The van der Waals surface area contributed by atoms with Crippen LogP contribution in [0.25, 0.3) is 120 Å². The van der Waals surface area contributed by atoms with Crippen LogP contribution in [0, 0.1) is 0 Å². The summed E-state index contributed by atoms with van der Waals surface area (Å²) in [7, 11) is 0. The van der Waals surface area contributed by atoms with Crippen LogP contribution in [0.1, 0.15) is 0 Å². The normalized spacial score (nSPS) is 12.4. The number of hydrogen-bond acceptors (Lipinski definition) is 1. The molecule has 5 aromatic heterocycles. The van der Waals surface area contributed by atoms with E-state index in [9.17, 15) is 4.79 Å². The number of benzene rings is 8. The molecule has 0 radical (unpaired) electrons. The van der Waals surface area contributed by atoms with Crippen LogP contribution >= 0.6 is 0 Å². The lowest BCUT2D eigenvalue weighted by molar-refractivity contribution is 1.19. The Bertz CT molecular complexity index is 3760. The zero-order valence-electron chi connectivity index (χ0n) is 29.3. The predicted molar refractivity (Wildman–Crippen MR) is 229 cm³/mol. The molecule has 256 valence electrons. The lowest BCUT2D eigenvalue weighted by Crippen LogP contribution is -2.06. The van der Waals surface area contributed by atoms with Gasteiger partial charge in [-0.05, 0) is 78.2 Å². The van der Waals surface area contributed by atoms with Gasteiger partial charge in [0.05, 0.1) is 33.1 Å². The van der Waals surface area contributed by atoms with E-state index >= 15 is 0 Å². The Morgan fingerprint density at radius 2 is 0.745 bits per heavy atom. The number of rotatable bonds is 2. The summed E-state index contributed by atoms with van der Waals surface area (Å²) in [5.41, 5.74) is 11.6. The summed E-state index contributed by atoms with van der Waals surface area (Å²) in [5, 5.41) is 11.8. The van der Waals surface area contributed by atoms with E-state index in [0.717, 1.165) is 71.3 Å². The summed E-state index contributed by atoms with van der Waals surface area (Å²) in [4.78, 5) is 24.7. The molecule has 0 spiro atoms. The molecule has 0 aliphatic rings. The van der Waals surface area contributed by atoms with Gasteiger partial charge in [-0.15, -0.1) is 0 Å². The topological polar surface area (TPSA) is 74.3 Å². The largest absolute Gasteiger partial charge is 0.354 e. The van der Waals surface area contributed by atoms with E-state index in [1.54, 1.807) is 0 Å². The van der Waals surface area contributed by atoms with Crippen molar-refractivity contribution < 1.29 is 0 Å². The smallest absolute Gasteiger partial charge is 0.256 e. The molecule has 5 heterocycles. The van der Waals surface area contributed by atoms with Gasteiger partial charge in [0, 0.05) is 81.8 Å². The minimum atomic E-state index is -0.102. The lowest BCUT2D eigenvalue weighted by Gasteiger charge is -2.08. The molecule has 55 heavy (non-hydrogen) atoms. The molecule has 0 aliphatic carbocycles. The van der Waals surface area contributed by atoms with Gasteiger partial charge in [-0.2, -0.15) is 0 Å². The van der Waals surface area contributed by atoms with Gasteiger partial charge in [0.25, 0.3) is 5.56 Å². The number of nitrogens with zero attached hydrogens (tertiary/aromatic N) is 2. The van der Waals surface area contributed by atoms with Crippen molar-refractivity contribution in [3.63, 3.8) is 0 Å². The molecular formula is C49H29N5O. The molecule has 0 fully saturated rings. The fourth-order valence-corrected chi connectivity index (χ4v) is 9.52. The Morgan fingerprint density at radius 3 is 1.29 bits per heavy atom. The Morgan fingerprint density at radius 1 is 0.309 bits per heavy atom. The first kappa shape index (κ1) is 28.9. The molecule has 3 N–H and O–H groups in total. The van der Waals surface area contributed by atoms with E-state index in [1.807, 2.05) is 0 Å². The van der Waals surface area contributed by atoms with E-state index in [1.165, 1.54) is 43.6 Å². The monoisotopic (exact) mass is 703 g/mol. The van der Waals surface area contributed by atoms with Crippen LogP contribution in [-0.4, -0.2) is 24.1 Å². The van der Waals surface area contributed by atoms with Crippen molar-refractivity contribution in [2.75, 3.05) is 0 Å². The molecule has 0 saturated heterocycles. The van der Waals surface area contributed by atoms with Gasteiger partial charge >= 0.3 is 0 Å². The highest BCUT2D eigenvalue weighted by molar-refractivity contribution is 6.23. The lowest BCUT2D eigenvalue weighted by atomic mass is 10.0.